The molecule has 0 radical (unpaired) electrons. The summed E-state index contributed by atoms with van der Waals surface area (Å²) in [5, 5.41) is 15.1. The summed E-state index contributed by atoms with van der Waals surface area (Å²) < 4.78 is 64.4. The highest BCUT2D eigenvalue weighted by atomic mass is 32.1. The van der Waals surface area contributed by atoms with Gasteiger partial charge < -0.3 is 20.1 Å². The average molecular weight is 606 g/mol. The summed E-state index contributed by atoms with van der Waals surface area (Å²) in [5.41, 5.74) is 3.61. The molecule has 226 valence electrons. The summed E-state index contributed by atoms with van der Waals surface area (Å²) in [4.78, 5) is 5.48. The maximum atomic E-state index is 14.0. The van der Waals surface area contributed by atoms with Crippen LogP contribution >= 0.6 is 11.3 Å². The number of nitrogens with zero attached hydrogens (tertiary/aromatic N) is 1. The van der Waals surface area contributed by atoms with E-state index in [1.807, 2.05) is 44.2 Å². The smallest absolute Gasteiger partial charge is 0.416 e. The molecule has 0 amide bonds. The van der Waals surface area contributed by atoms with Gasteiger partial charge >= 0.3 is 6.18 Å². The predicted molar refractivity (Wildman–Crippen MR) is 158 cm³/mol. The van der Waals surface area contributed by atoms with E-state index in [4.69, 9.17) is 20.1 Å². The largest absolute Gasteiger partial charge is 0.488 e. The lowest BCUT2D eigenvalue weighted by atomic mass is 10.1. The molecule has 4 aromatic rings. The van der Waals surface area contributed by atoms with E-state index in [0.717, 1.165) is 34.5 Å². The van der Waals surface area contributed by atoms with Crippen LogP contribution in [0.5, 0.6) is 5.75 Å². The molecule has 0 aliphatic carbocycles. The molecule has 4 rings (SSSR count). The van der Waals surface area contributed by atoms with E-state index < -0.39 is 17.6 Å². The van der Waals surface area contributed by atoms with Crippen molar-refractivity contribution in [1.82, 2.24) is 10.5 Å². The number of hydrogen-bond donors (Lipinski definition) is 3. The maximum Gasteiger partial charge on any atom is 0.416 e. The Morgan fingerprint density at radius 1 is 1.00 bits per heavy atom. The van der Waals surface area contributed by atoms with Gasteiger partial charge in [-0.1, -0.05) is 56.3 Å². The zero-order valence-electron chi connectivity index (χ0n) is 23.7. The number of hydrogen-bond acceptors (Lipinski definition) is 7. The second-order valence-electron chi connectivity index (χ2n) is 8.45. The Balaban J connectivity index is 0.00000116. The van der Waals surface area contributed by atoms with E-state index in [1.165, 1.54) is 42.6 Å². The molecular formula is C31H35F4N3O3S. The molecule has 0 unspecified atom stereocenters. The lowest BCUT2D eigenvalue weighted by Crippen LogP contribution is -2.04. The van der Waals surface area contributed by atoms with Crippen LogP contribution in [0, 0.1) is 11.2 Å². The van der Waals surface area contributed by atoms with Gasteiger partial charge in [0.1, 0.15) is 23.2 Å². The van der Waals surface area contributed by atoms with Gasteiger partial charge in [-0.15, -0.1) is 11.3 Å². The number of thiazole rings is 1. The van der Waals surface area contributed by atoms with Crippen molar-refractivity contribution in [2.24, 2.45) is 0 Å². The van der Waals surface area contributed by atoms with Crippen LogP contribution in [0.25, 0.3) is 10.6 Å². The summed E-state index contributed by atoms with van der Waals surface area (Å²) in [7, 11) is 1.43. The van der Waals surface area contributed by atoms with Gasteiger partial charge in [-0.25, -0.2) is 14.9 Å². The normalized spacial score (nSPS) is 10.7. The molecule has 1 heterocycles. The molecule has 0 saturated heterocycles. The standard InChI is InChI=1S/C28H24F4N2O2S.C2H6.CH5NO/c29-24-15-23(13-10-21(24)16-33)36-18-26-25(7-4-14-35-17-19-5-2-1-3-6-19)34-27(37-26)20-8-11-22(12-9-20)28(30,31)32;1-2;1-2-3/h1-3,5-6,8-13,15-16,33H,4,7,14,17-18H2;1-2H3;2-3H,1H3. The van der Waals surface area contributed by atoms with Crippen molar-refractivity contribution in [1.29, 1.82) is 5.41 Å². The van der Waals surface area contributed by atoms with Crippen molar-refractivity contribution >= 4 is 17.6 Å². The van der Waals surface area contributed by atoms with Crippen molar-refractivity contribution in [2.45, 2.75) is 46.1 Å². The first-order valence-corrected chi connectivity index (χ1v) is 14.1. The summed E-state index contributed by atoms with van der Waals surface area (Å²) in [6, 6.07) is 19.0. The van der Waals surface area contributed by atoms with Crippen molar-refractivity contribution in [3.05, 3.63) is 106 Å². The minimum absolute atomic E-state index is 0.127. The van der Waals surface area contributed by atoms with Crippen molar-refractivity contribution in [3.8, 4) is 16.3 Å². The third-order valence-electron chi connectivity index (χ3n) is 5.55. The molecule has 0 bridgehead atoms. The minimum atomic E-state index is -4.41. The van der Waals surface area contributed by atoms with Gasteiger partial charge in [0.2, 0.25) is 0 Å². The summed E-state index contributed by atoms with van der Waals surface area (Å²) >= 11 is 1.33. The first kappa shape index (κ1) is 34.6. The topological polar surface area (TPSA) is 87.5 Å². The SMILES string of the molecule is CC.CNO.N=Cc1ccc(OCc2sc(-c3ccc(C(F)(F)F)cc3)nc2CCCOCc2ccccc2)cc1F. The Labute approximate surface area is 247 Å². The molecule has 0 saturated carbocycles. The first-order valence-electron chi connectivity index (χ1n) is 13.3. The Hall–Kier alpha value is -3.64. The summed E-state index contributed by atoms with van der Waals surface area (Å²) in [6.07, 6.45) is -2.20. The molecule has 42 heavy (non-hydrogen) atoms. The molecule has 3 N–H and O–H groups in total. The number of nitrogens with one attached hydrogen (secondary N) is 2. The first-order chi connectivity index (χ1) is 20.2. The number of halogens is 4. The molecule has 0 aliphatic heterocycles. The fraction of sp³-hybridized carbons (Fsp3) is 0.290. The zero-order valence-corrected chi connectivity index (χ0v) is 24.5. The number of ether oxygens (including phenoxy) is 2. The van der Waals surface area contributed by atoms with Crippen LogP contribution in [0.2, 0.25) is 0 Å². The Morgan fingerprint density at radius 2 is 1.67 bits per heavy atom. The molecule has 0 fully saturated rings. The van der Waals surface area contributed by atoms with Gasteiger partial charge in [0, 0.05) is 37.1 Å². The number of aromatic nitrogens is 1. The fourth-order valence-corrected chi connectivity index (χ4v) is 4.61. The Morgan fingerprint density at radius 3 is 2.26 bits per heavy atom. The van der Waals surface area contributed by atoms with E-state index in [9.17, 15) is 17.6 Å². The monoisotopic (exact) mass is 605 g/mol. The number of rotatable bonds is 11. The van der Waals surface area contributed by atoms with Crippen LogP contribution in [0.3, 0.4) is 0 Å². The molecule has 3 aromatic carbocycles. The van der Waals surface area contributed by atoms with Crippen LogP contribution < -0.4 is 10.2 Å². The quantitative estimate of drug-likeness (QED) is 0.0693. The zero-order chi connectivity index (χ0) is 31.0. The molecule has 0 atom stereocenters. The minimum Gasteiger partial charge on any atom is -0.488 e. The van der Waals surface area contributed by atoms with Gasteiger partial charge in [-0.2, -0.15) is 13.2 Å². The van der Waals surface area contributed by atoms with Gasteiger partial charge in [0.25, 0.3) is 0 Å². The molecule has 0 aliphatic rings. The average Bonchev–Trinajstić information content (AvgIpc) is 3.40. The van der Waals surface area contributed by atoms with Crippen LogP contribution in [0.15, 0.2) is 72.8 Å². The second kappa shape index (κ2) is 18.0. The van der Waals surface area contributed by atoms with E-state index in [-0.39, 0.29) is 12.2 Å². The van der Waals surface area contributed by atoms with Crippen molar-refractivity contribution in [2.75, 3.05) is 13.7 Å². The predicted octanol–water partition coefficient (Wildman–Crippen LogP) is 8.32. The van der Waals surface area contributed by atoms with Crippen LogP contribution in [-0.2, 0) is 30.5 Å². The van der Waals surface area contributed by atoms with Gasteiger partial charge in [0.05, 0.1) is 22.7 Å². The van der Waals surface area contributed by atoms with Gasteiger partial charge in [-0.3, -0.25) is 0 Å². The lowest BCUT2D eigenvalue weighted by molar-refractivity contribution is -0.137. The lowest BCUT2D eigenvalue weighted by Gasteiger charge is -2.08. The van der Waals surface area contributed by atoms with Crippen LogP contribution in [0.1, 0.15) is 47.5 Å². The fourth-order valence-electron chi connectivity index (χ4n) is 3.59. The third kappa shape index (κ3) is 11.0. The van der Waals surface area contributed by atoms with Crippen molar-refractivity contribution in [3.63, 3.8) is 0 Å². The Kier molecular flexibility index (Phi) is 14.8. The molecular weight excluding hydrogens is 570 g/mol. The highest BCUT2D eigenvalue weighted by Gasteiger charge is 2.30. The van der Waals surface area contributed by atoms with E-state index in [2.05, 4.69) is 4.98 Å². The highest BCUT2D eigenvalue weighted by Crippen LogP contribution is 2.34. The second-order valence-corrected chi connectivity index (χ2v) is 9.53. The maximum absolute atomic E-state index is 14.0. The summed E-state index contributed by atoms with van der Waals surface area (Å²) in [5.74, 6) is -0.247. The van der Waals surface area contributed by atoms with E-state index in [0.29, 0.717) is 42.4 Å². The third-order valence-corrected chi connectivity index (χ3v) is 6.67. The van der Waals surface area contributed by atoms with E-state index >= 15 is 0 Å². The van der Waals surface area contributed by atoms with Crippen LogP contribution in [-0.4, -0.2) is 30.1 Å². The molecule has 0 spiro atoms. The molecule has 1 aromatic heterocycles. The number of alkyl halides is 3. The van der Waals surface area contributed by atoms with Gasteiger partial charge in [-0.05, 0) is 42.7 Å². The molecule has 11 heteroatoms. The van der Waals surface area contributed by atoms with Crippen molar-refractivity contribution < 1.29 is 32.2 Å². The number of aryl methyl sites for hydroxylation is 1. The molecule has 6 nitrogen and oxygen atoms in total. The van der Waals surface area contributed by atoms with Crippen LogP contribution in [0.4, 0.5) is 17.6 Å². The summed E-state index contributed by atoms with van der Waals surface area (Å²) in [6.45, 7) is 5.14. The number of hydroxylamine groups is 1. The number of benzene rings is 3. The highest BCUT2D eigenvalue weighted by molar-refractivity contribution is 7.15. The Bertz CT molecular complexity index is 1350. The van der Waals surface area contributed by atoms with Gasteiger partial charge in [0.15, 0.2) is 0 Å². The van der Waals surface area contributed by atoms with E-state index in [1.54, 1.807) is 11.5 Å².